The summed E-state index contributed by atoms with van der Waals surface area (Å²) >= 11 is 0. The van der Waals surface area contributed by atoms with Gasteiger partial charge in [-0.2, -0.15) is 0 Å². The van der Waals surface area contributed by atoms with Gasteiger partial charge in [0.1, 0.15) is 61.5 Å². The average Bonchev–Trinajstić information content (AvgIpc) is 3.19. The van der Waals surface area contributed by atoms with E-state index in [1.54, 1.807) is 6.08 Å². The maximum atomic E-state index is 12.6. The number of carbonyl (C=O) groups excluding carboxylic acids is 1. The average molecular weight is 825 g/mol. The predicted octanol–water partition coefficient (Wildman–Crippen LogP) is -4.94. The minimum Gasteiger partial charge on any atom is -0.460 e. The minimum atomic E-state index is -1.79. The van der Waals surface area contributed by atoms with Gasteiger partial charge in [0.05, 0.1) is 61.5 Å². The molecule has 6 rings (SSSR count). The van der Waals surface area contributed by atoms with Gasteiger partial charge in [-0.05, 0) is 56.8 Å². The van der Waals surface area contributed by atoms with Gasteiger partial charge in [0.2, 0.25) is 0 Å². The summed E-state index contributed by atoms with van der Waals surface area (Å²) in [5.41, 5.74) is 0. The van der Waals surface area contributed by atoms with Crippen molar-refractivity contribution in [3.05, 3.63) is 12.2 Å². The fourth-order valence-corrected chi connectivity index (χ4v) is 9.29. The first kappa shape index (κ1) is 45.0. The Kier molecular flexibility index (Phi) is 15.4. The van der Waals surface area contributed by atoms with Crippen LogP contribution in [0.15, 0.2) is 12.2 Å². The highest BCUT2D eigenvalue weighted by Crippen LogP contribution is 2.45. The van der Waals surface area contributed by atoms with Crippen molar-refractivity contribution in [3.63, 3.8) is 0 Å². The molecule has 20 nitrogen and oxygen atoms in total. The molecule has 3 aliphatic heterocycles. The normalized spacial score (nSPS) is 51.0. The molecule has 20 heteroatoms. The summed E-state index contributed by atoms with van der Waals surface area (Å²) in [4.78, 5) is 12.6. The van der Waals surface area contributed by atoms with Gasteiger partial charge in [0.15, 0.2) is 12.6 Å². The molecular weight excluding hydrogens is 764 g/mol. The van der Waals surface area contributed by atoms with Gasteiger partial charge >= 0.3 is 5.97 Å². The maximum Gasteiger partial charge on any atom is 0.330 e. The van der Waals surface area contributed by atoms with Crippen LogP contribution in [0, 0.1) is 17.8 Å². The van der Waals surface area contributed by atoms with Gasteiger partial charge in [-0.25, -0.2) is 4.79 Å². The predicted molar refractivity (Wildman–Crippen MR) is 187 cm³/mol. The number of esters is 1. The highest BCUT2D eigenvalue weighted by molar-refractivity contribution is 5.81. The summed E-state index contributed by atoms with van der Waals surface area (Å²) in [6, 6.07) is 0. The van der Waals surface area contributed by atoms with E-state index in [1.165, 1.54) is 13.2 Å². The second-order valence-electron chi connectivity index (χ2n) is 16.5. The molecule has 3 aliphatic carbocycles. The smallest absolute Gasteiger partial charge is 0.330 e. The molecule has 0 aromatic heterocycles. The van der Waals surface area contributed by atoms with Crippen LogP contribution in [-0.4, -0.2) is 210 Å². The quantitative estimate of drug-likeness (QED) is 0.0686. The molecule has 0 bridgehead atoms. The summed E-state index contributed by atoms with van der Waals surface area (Å²) in [6.45, 7) is -1.24. The zero-order valence-corrected chi connectivity index (χ0v) is 31.6. The summed E-state index contributed by atoms with van der Waals surface area (Å²) in [5.74, 6) is -2.05. The molecule has 0 aromatic carbocycles. The van der Waals surface area contributed by atoms with Crippen molar-refractivity contribution in [2.75, 3.05) is 20.3 Å². The van der Waals surface area contributed by atoms with Crippen LogP contribution in [0.3, 0.4) is 0 Å². The van der Waals surface area contributed by atoms with Crippen molar-refractivity contribution in [1.29, 1.82) is 0 Å². The number of fused-ring (bicyclic) bond motifs is 1. The lowest BCUT2D eigenvalue weighted by atomic mass is 9.72. The molecule has 11 unspecified atom stereocenters. The van der Waals surface area contributed by atoms with Crippen LogP contribution >= 0.6 is 0 Å². The van der Waals surface area contributed by atoms with E-state index in [0.717, 1.165) is 0 Å². The molecular formula is C37H60O20. The number of aliphatic hydroxyl groups is 12. The van der Waals surface area contributed by atoms with Crippen LogP contribution in [0.25, 0.3) is 0 Å². The van der Waals surface area contributed by atoms with E-state index >= 15 is 0 Å². The Morgan fingerprint density at radius 2 is 1.25 bits per heavy atom. The molecule has 6 aliphatic rings. The topological polar surface area (TPSA) is 324 Å². The third kappa shape index (κ3) is 10.2. The molecule has 21 atom stereocenters. The summed E-state index contributed by atoms with van der Waals surface area (Å²) < 4.78 is 41.1. The third-order valence-corrected chi connectivity index (χ3v) is 12.6. The second-order valence-corrected chi connectivity index (χ2v) is 16.5. The number of hydrogen-bond donors (Lipinski definition) is 12. The van der Waals surface area contributed by atoms with Gasteiger partial charge in [-0.1, -0.05) is 6.08 Å². The summed E-state index contributed by atoms with van der Waals surface area (Å²) in [7, 11) is 1.50. The molecule has 3 saturated carbocycles. The van der Waals surface area contributed by atoms with Gasteiger partial charge in [0.25, 0.3) is 0 Å². The summed E-state index contributed by atoms with van der Waals surface area (Å²) in [5, 5.41) is 126. The Labute approximate surface area is 329 Å². The lowest BCUT2D eigenvalue weighted by Crippen LogP contribution is -2.63. The number of carbonyl (C=O) groups is 1. The zero-order chi connectivity index (χ0) is 41.3. The fourth-order valence-electron chi connectivity index (χ4n) is 9.29. The Morgan fingerprint density at radius 1 is 0.632 bits per heavy atom. The van der Waals surface area contributed by atoms with Crippen molar-refractivity contribution in [3.8, 4) is 0 Å². The molecule has 0 spiro atoms. The number of allylic oxidation sites excluding steroid dienone is 1. The van der Waals surface area contributed by atoms with Crippen LogP contribution in [0.1, 0.15) is 51.4 Å². The SMILES string of the molecule is COC1CC(C=CC(=O)OC[C@H]2O[C@@H](OC3CC(O)CC4OC(C5CC(O)C(O)C(O)C5)C(O[C@@H]5O[C@H](CO)[C@H](O)[C@H](O)[C@H]5O)CC43)[C@H](O)[C@@H](O)[C@@H]2O)CCC1O. The Bertz CT molecular complexity index is 1310. The van der Waals surface area contributed by atoms with E-state index < -0.39 is 147 Å². The van der Waals surface area contributed by atoms with Crippen LogP contribution in [-0.2, 0) is 38.0 Å². The second kappa shape index (κ2) is 19.5. The van der Waals surface area contributed by atoms with E-state index in [2.05, 4.69) is 0 Å². The van der Waals surface area contributed by atoms with Crippen LogP contribution in [0.2, 0.25) is 0 Å². The zero-order valence-electron chi connectivity index (χ0n) is 31.6. The highest BCUT2D eigenvalue weighted by Gasteiger charge is 2.54. The fraction of sp³-hybridized carbons (Fsp3) is 0.919. The summed E-state index contributed by atoms with van der Waals surface area (Å²) in [6.07, 6.45) is -21.2. The molecule has 0 aromatic rings. The van der Waals surface area contributed by atoms with Gasteiger partial charge < -0.3 is 94.4 Å². The Morgan fingerprint density at radius 3 is 1.88 bits per heavy atom. The largest absolute Gasteiger partial charge is 0.460 e. The third-order valence-electron chi connectivity index (χ3n) is 12.6. The van der Waals surface area contributed by atoms with Crippen LogP contribution in [0.5, 0.6) is 0 Å². The monoisotopic (exact) mass is 824 g/mol. The van der Waals surface area contributed by atoms with E-state index in [0.29, 0.717) is 19.3 Å². The van der Waals surface area contributed by atoms with E-state index in [1.807, 2.05) is 0 Å². The van der Waals surface area contributed by atoms with Crippen LogP contribution in [0.4, 0.5) is 0 Å². The van der Waals surface area contributed by atoms with E-state index in [9.17, 15) is 66.1 Å². The van der Waals surface area contributed by atoms with Crippen molar-refractivity contribution in [1.82, 2.24) is 0 Å². The Hall–Kier alpha value is -1.51. The van der Waals surface area contributed by atoms with Gasteiger partial charge in [0, 0.05) is 25.5 Å². The molecule has 328 valence electrons. The first-order valence-corrected chi connectivity index (χ1v) is 19.8. The molecule has 6 fully saturated rings. The van der Waals surface area contributed by atoms with Gasteiger partial charge in [-0.15, -0.1) is 0 Å². The molecule has 12 N–H and O–H groups in total. The van der Waals surface area contributed by atoms with Gasteiger partial charge in [-0.3, -0.25) is 0 Å². The molecule has 0 amide bonds. The lowest BCUT2D eigenvalue weighted by Gasteiger charge is -2.52. The number of aliphatic hydroxyl groups excluding tert-OH is 12. The van der Waals surface area contributed by atoms with Crippen molar-refractivity contribution < 1.29 is 99.2 Å². The first-order valence-electron chi connectivity index (χ1n) is 19.8. The van der Waals surface area contributed by atoms with Crippen molar-refractivity contribution in [2.45, 2.75) is 174 Å². The minimum absolute atomic E-state index is 0.00713. The molecule has 57 heavy (non-hydrogen) atoms. The molecule has 0 radical (unpaired) electrons. The van der Waals surface area contributed by atoms with E-state index in [4.69, 9.17) is 33.2 Å². The highest BCUT2D eigenvalue weighted by atomic mass is 16.7. The van der Waals surface area contributed by atoms with Crippen molar-refractivity contribution >= 4 is 5.97 Å². The maximum absolute atomic E-state index is 12.6. The van der Waals surface area contributed by atoms with Crippen molar-refractivity contribution in [2.24, 2.45) is 17.8 Å². The number of methoxy groups -OCH3 is 1. The number of rotatable bonds is 11. The standard InChI is InChI=1S/C37H60O20/c1-51-23-6-14(2-4-18(23)40)3-5-27(43)52-13-26-30(46)32(48)34(50)36(57-26)54-22-10-16(39)9-21-17(22)11-24(35(53-21)15-7-19(41)28(44)20(42)8-15)55-37-33(49)31(47)29(45)25(12-38)56-37/h3,5,14-26,28-42,44-50H,2,4,6-13H2,1H3/t14?,15?,16?,17?,18?,19?,20?,21?,22?,23?,24?,25-,26-,28?,29+,30-,31+,32+,33-,34-,35?,36-,37-/m1/s1. The molecule has 3 saturated heterocycles. The first-order chi connectivity index (χ1) is 27.1. The number of ether oxygens (including phenoxy) is 7. The Balaban J connectivity index is 1.15. The van der Waals surface area contributed by atoms with E-state index in [-0.39, 0.29) is 44.1 Å². The number of hydrogen-bond acceptors (Lipinski definition) is 20. The molecule has 3 heterocycles. The lowest BCUT2D eigenvalue weighted by molar-refractivity contribution is -0.345. The van der Waals surface area contributed by atoms with Crippen LogP contribution < -0.4 is 0 Å².